The van der Waals surface area contributed by atoms with E-state index in [-0.39, 0.29) is 11.5 Å². The van der Waals surface area contributed by atoms with Gasteiger partial charge in [0.1, 0.15) is 0 Å². The first-order valence-electron chi connectivity index (χ1n) is 14.4. The third kappa shape index (κ3) is 6.89. The molecule has 3 aliphatic carbocycles. The Labute approximate surface area is 214 Å². The second kappa shape index (κ2) is 12.5. The summed E-state index contributed by atoms with van der Waals surface area (Å²) >= 11 is 0. The van der Waals surface area contributed by atoms with Crippen LogP contribution in [0.1, 0.15) is 111 Å². The van der Waals surface area contributed by atoms with Crippen molar-refractivity contribution in [2.24, 2.45) is 17.3 Å². The van der Waals surface area contributed by atoms with Crippen LogP contribution >= 0.6 is 0 Å². The third-order valence-corrected chi connectivity index (χ3v) is 9.47. The first kappa shape index (κ1) is 28.6. The summed E-state index contributed by atoms with van der Waals surface area (Å²) in [4.78, 5) is 0. The molecule has 0 saturated heterocycles. The van der Waals surface area contributed by atoms with Crippen molar-refractivity contribution >= 4 is 0 Å². The fourth-order valence-electron chi connectivity index (χ4n) is 7.61. The summed E-state index contributed by atoms with van der Waals surface area (Å²) in [5, 5.41) is 31.2. The Morgan fingerprint density at radius 3 is 2.54 bits per heavy atom. The molecule has 4 nitrogen and oxygen atoms in total. The van der Waals surface area contributed by atoms with Crippen LogP contribution in [0.5, 0.6) is 0 Å². The molecule has 3 fully saturated rings. The Morgan fingerprint density at radius 2 is 1.86 bits per heavy atom. The third-order valence-electron chi connectivity index (χ3n) is 9.47. The zero-order chi connectivity index (χ0) is 25.6. The molecule has 0 spiro atoms. The zero-order valence-corrected chi connectivity index (χ0v) is 22.9. The molecule has 0 aliphatic heterocycles. The molecule has 0 bridgehead atoms. The summed E-state index contributed by atoms with van der Waals surface area (Å²) in [6.45, 7) is 13.8. The van der Waals surface area contributed by atoms with Crippen molar-refractivity contribution in [3.63, 3.8) is 0 Å². The van der Waals surface area contributed by atoms with Gasteiger partial charge >= 0.3 is 0 Å². The van der Waals surface area contributed by atoms with Crippen LogP contribution in [0.2, 0.25) is 0 Å². The van der Waals surface area contributed by atoms with E-state index in [0.717, 1.165) is 62.7 Å². The maximum atomic E-state index is 10.9. The second-order valence-electron chi connectivity index (χ2n) is 12.1. The standard InChI is InChI=1S/C31H52O4/c1-6-15-31(34,16-7-2)18-9-19-35-23(4)27-13-14-28-24(10-8-17-30(27,28)5)11-12-25-20-26(32)21-29(33)22(25)3/h11-12,23,26-29,32-34H,3,6-10,13-21H2,1-2,4-5H3/b24-11+,25-12+/t23-,26-,27-,28+,29+,30-/m1/s1. The number of rotatable bonds is 11. The normalized spacial score (nSPS) is 35.0. The highest BCUT2D eigenvalue weighted by Gasteiger charge is 2.51. The van der Waals surface area contributed by atoms with E-state index in [1.807, 2.05) is 0 Å². The van der Waals surface area contributed by atoms with Crippen LogP contribution in [0.15, 0.2) is 35.5 Å². The number of hydrogen-bond acceptors (Lipinski definition) is 4. The molecule has 35 heavy (non-hydrogen) atoms. The molecule has 6 atom stereocenters. The lowest BCUT2D eigenvalue weighted by molar-refractivity contribution is -0.0384. The molecule has 0 unspecified atom stereocenters. The van der Waals surface area contributed by atoms with Crippen molar-refractivity contribution in [3.05, 3.63) is 35.5 Å². The zero-order valence-electron chi connectivity index (χ0n) is 22.9. The molecule has 0 amide bonds. The molecule has 0 aromatic carbocycles. The number of hydrogen-bond donors (Lipinski definition) is 3. The highest BCUT2D eigenvalue weighted by molar-refractivity contribution is 5.38. The molecule has 3 aliphatic rings. The Kier molecular flexibility index (Phi) is 10.3. The van der Waals surface area contributed by atoms with Gasteiger partial charge in [0.05, 0.1) is 23.9 Å². The summed E-state index contributed by atoms with van der Waals surface area (Å²) in [5.41, 5.74) is 3.02. The lowest BCUT2D eigenvalue weighted by Gasteiger charge is -2.44. The lowest BCUT2D eigenvalue weighted by Crippen LogP contribution is -2.39. The van der Waals surface area contributed by atoms with Gasteiger partial charge in [0.15, 0.2) is 0 Å². The predicted octanol–water partition coefficient (Wildman–Crippen LogP) is 6.64. The topological polar surface area (TPSA) is 69.9 Å². The number of aliphatic hydroxyl groups is 3. The molecular formula is C31H52O4. The summed E-state index contributed by atoms with van der Waals surface area (Å²) in [6, 6.07) is 0. The molecule has 0 radical (unpaired) electrons. The molecule has 0 aromatic heterocycles. The predicted molar refractivity (Wildman–Crippen MR) is 144 cm³/mol. The highest BCUT2D eigenvalue weighted by atomic mass is 16.5. The van der Waals surface area contributed by atoms with E-state index < -0.39 is 17.8 Å². The summed E-state index contributed by atoms with van der Waals surface area (Å²) in [5.74, 6) is 1.14. The van der Waals surface area contributed by atoms with Gasteiger partial charge in [-0.1, -0.05) is 57.9 Å². The van der Waals surface area contributed by atoms with Crippen LogP contribution in [-0.4, -0.2) is 45.8 Å². The van der Waals surface area contributed by atoms with Crippen molar-refractivity contribution in [2.45, 2.75) is 135 Å². The Hall–Kier alpha value is -0.940. The number of ether oxygens (including phenoxy) is 1. The Bertz CT molecular complexity index is 762. The molecule has 4 heteroatoms. The van der Waals surface area contributed by atoms with Crippen molar-refractivity contribution in [1.82, 2.24) is 0 Å². The molecule has 3 saturated carbocycles. The van der Waals surface area contributed by atoms with E-state index in [4.69, 9.17) is 4.74 Å². The average Bonchev–Trinajstić information content (AvgIpc) is 3.16. The van der Waals surface area contributed by atoms with E-state index in [0.29, 0.717) is 24.7 Å². The average molecular weight is 489 g/mol. The fourth-order valence-corrected chi connectivity index (χ4v) is 7.61. The maximum Gasteiger partial charge on any atom is 0.0811 e. The molecule has 3 N–H and O–H groups in total. The van der Waals surface area contributed by atoms with Crippen LogP contribution in [-0.2, 0) is 4.74 Å². The quantitative estimate of drug-likeness (QED) is 0.285. The van der Waals surface area contributed by atoms with Crippen molar-refractivity contribution < 1.29 is 20.1 Å². The monoisotopic (exact) mass is 488 g/mol. The molecular weight excluding hydrogens is 436 g/mol. The minimum atomic E-state index is -0.631. The summed E-state index contributed by atoms with van der Waals surface area (Å²) in [6.07, 6.45) is 16.1. The van der Waals surface area contributed by atoms with Crippen LogP contribution in [0.4, 0.5) is 0 Å². The minimum Gasteiger partial charge on any atom is -0.393 e. The van der Waals surface area contributed by atoms with Gasteiger partial charge in [-0.2, -0.15) is 0 Å². The SMILES string of the molecule is C=C1/C(=C/C=C2\CCC[C@]3(C)[C@@H]([C@@H](C)OCCCC(O)(CCC)CCC)CC[C@@H]23)C[C@@H](O)C[C@@H]1O. The van der Waals surface area contributed by atoms with Crippen LogP contribution in [0, 0.1) is 17.3 Å². The lowest BCUT2D eigenvalue weighted by atomic mass is 9.62. The number of allylic oxidation sites excluding steroid dienone is 3. The first-order chi connectivity index (χ1) is 16.6. The van der Waals surface area contributed by atoms with Gasteiger partial charge in [-0.3, -0.25) is 0 Å². The van der Waals surface area contributed by atoms with Crippen LogP contribution in [0.3, 0.4) is 0 Å². The van der Waals surface area contributed by atoms with Gasteiger partial charge in [-0.25, -0.2) is 0 Å². The largest absolute Gasteiger partial charge is 0.393 e. The van der Waals surface area contributed by atoms with E-state index in [2.05, 4.69) is 46.4 Å². The van der Waals surface area contributed by atoms with Gasteiger partial charge in [0.2, 0.25) is 0 Å². The van der Waals surface area contributed by atoms with Gasteiger partial charge in [-0.15, -0.1) is 0 Å². The molecule has 0 aromatic rings. The Morgan fingerprint density at radius 1 is 1.14 bits per heavy atom. The summed E-state index contributed by atoms with van der Waals surface area (Å²) in [7, 11) is 0. The van der Waals surface area contributed by atoms with Gasteiger partial charge in [-0.05, 0) is 99.5 Å². The van der Waals surface area contributed by atoms with Gasteiger partial charge in [0, 0.05) is 13.0 Å². The van der Waals surface area contributed by atoms with E-state index in [9.17, 15) is 15.3 Å². The van der Waals surface area contributed by atoms with E-state index >= 15 is 0 Å². The highest BCUT2D eigenvalue weighted by Crippen LogP contribution is 2.58. The number of aliphatic hydroxyl groups excluding tert-OH is 2. The van der Waals surface area contributed by atoms with E-state index in [1.54, 1.807) is 0 Å². The van der Waals surface area contributed by atoms with Crippen molar-refractivity contribution in [1.29, 1.82) is 0 Å². The smallest absolute Gasteiger partial charge is 0.0811 e. The second-order valence-corrected chi connectivity index (χ2v) is 12.1. The molecule has 3 rings (SSSR count). The maximum absolute atomic E-state index is 10.9. The van der Waals surface area contributed by atoms with Gasteiger partial charge in [0.25, 0.3) is 0 Å². The first-order valence-corrected chi connectivity index (χ1v) is 14.4. The molecule has 200 valence electrons. The summed E-state index contributed by atoms with van der Waals surface area (Å²) < 4.78 is 6.41. The van der Waals surface area contributed by atoms with Crippen LogP contribution < -0.4 is 0 Å². The Balaban J connectivity index is 1.60. The van der Waals surface area contributed by atoms with Crippen molar-refractivity contribution in [2.75, 3.05) is 6.61 Å². The minimum absolute atomic E-state index is 0.233. The van der Waals surface area contributed by atoms with Crippen molar-refractivity contribution in [3.8, 4) is 0 Å². The van der Waals surface area contributed by atoms with Gasteiger partial charge < -0.3 is 20.1 Å². The molecule has 0 heterocycles. The van der Waals surface area contributed by atoms with Crippen LogP contribution in [0.25, 0.3) is 0 Å². The van der Waals surface area contributed by atoms with E-state index in [1.165, 1.54) is 31.3 Å². The fraction of sp³-hybridized carbons (Fsp3) is 0.806. The number of fused-ring (bicyclic) bond motifs is 1.